The fraction of sp³-hybridized carbons (Fsp3) is 0.733. The van der Waals surface area contributed by atoms with Crippen molar-refractivity contribution < 1.29 is 0 Å². The summed E-state index contributed by atoms with van der Waals surface area (Å²) in [6.07, 6.45) is 11.1. The van der Waals surface area contributed by atoms with Gasteiger partial charge in [-0.3, -0.25) is 0 Å². The van der Waals surface area contributed by atoms with Crippen molar-refractivity contribution >= 4 is 0 Å². The predicted molar refractivity (Wildman–Crippen MR) is 75.0 cm³/mol. The fourth-order valence-corrected chi connectivity index (χ4v) is 2.05. The maximum absolute atomic E-state index is 3.50. The van der Waals surface area contributed by atoms with Crippen LogP contribution in [0.15, 0.2) is 18.5 Å². The first-order valence-electron chi connectivity index (χ1n) is 7.00. The van der Waals surface area contributed by atoms with Crippen molar-refractivity contribution in [3.05, 3.63) is 24.0 Å². The van der Waals surface area contributed by atoms with Crippen LogP contribution in [-0.2, 0) is 13.6 Å². The second-order valence-electron chi connectivity index (χ2n) is 5.46. The standard InChI is InChI=1S/C15H28N2/c1-14(2)8-6-4-5-7-10-16-12-15-9-11-17(3)13-15/h9,11,13-14,16H,4-8,10,12H2,1-3H3. The van der Waals surface area contributed by atoms with Crippen molar-refractivity contribution in [2.45, 2.75) is 52.5 Å². The lowest BCUT2D eigenvalue weighted by Crippen LogP contribution is -2.14. The Morgan fingerprint density at radius 3 is 2.59 bits per heavy atom. The van der Waals surface area contributed by atoms with Gasteiger partial charge in [0.15, 0.2) is 0 Å². The van der Waals surface area contributed by atoms with Gasteiger partial charge in [-0.1, -0.05) is 39.5 Å². The fourth-order valence-electron chi connectivity index (χ4n) is 2.05. The summed E-state index contributed by atoms with van der Waals surface area (Å²) in [6.45, 7) is 6.77. The van der Waals surface area contributed by atoms with Crippen LogP contribution < -0.4 is 5.32 Å². The van der Waals surface area contributed by atoms with Crippen LogP contribution in [0.2, 0.25) is 0 Å². The Hall–Kier alpha value is -0.760. The van der Waals surface area contributed by atoms with E-state index in [4.69, 9.17) is 0 Å². The van der Waals surface area contributed by atoms with Crippen molar-refractivity contribution in [3.8, 4) is 0 Å². The van der Waals surface area contributed by atoms with E-state index in [1.165, 1.54) is 37.7 Å². The largest absolute Gasteiger partial charge is 0.357 e. The molecule has 98 valence electrons. The number of aryl methyl sites for hydroxylation is 1. The Bertz CT molecular complexity index is 289. The van der Waals surface area contributed by atoms with E-state index in [2.05, 4.69) is 49.2 Å². The molecule has 0 fully saturated rings. The van der Waals surface area contributed by atoms with Crippen LogP contribution in [0.5, 0.6) is 0 Å². The third-order valence-electron chi connectivity index (χ3n) is 3.11. The molecule has 17 heavy (non-hydrogen) atoms. The molecule has 0 saturated carbocycles. The highest BCUT2D eigenvalue weighted by molar-refractivity contribution is 5.09. The molecule has 0 aliphatic carbocycles. The first-order chi connectivity index (χ1) is 8.18. The minimum Gasteiger partial charge on any atom is -0.357 e. The quantitative estimate of drug-likeness (QED) is 0.647. The maximum atomic E-state index is 3.50. The van der Waals surface area contributed by atoms with Crippen molar-refractivity contribution in [2.24, 2.45) is 13.0 Å². The molecule has 0 bridgehead atoms. The van der Waals surface area contributed by atoms with E-state index in [9.17, 15) is 0 Å². The van der Waals surface area contributed by atoms with E-state index in [-0.39, 0.29) is 0 Å². The molecule has 0 unspecified atom stereocenters. The number of rotatable bonds is 9. The Morgan fingerprint density at radius 2 is 1.94 bits per heavy atom. The highest BCUT2D eigenvalue weighted by Gasteiger charge is 1.96. The SMILES string of the molecule is CC(C)CCCCCCNCc1ccn(C)c1. The summed E-state index contributed by atoms with van der Waals surface area (Å²) in [7, 11) is 2.07. The van der Waals surface area contributed by atoms with E-state index in [1.807, 2.05) is 0 Å². The van der Waals surface area contributed by atoms with E-state index in [0.29, 0.717) is 0 Å². The first kappa shape index (κ1) is 14.3. The van der Waals surface area contributed by atoms with Gasteiger partial charge in [0.1, 0.15) is 0 Å². The zero-order valence-corrected chi connectivity index (χ0v) is 11.7. The van der Waals surface area contributed by atoms with Crippen LogP contribution in [0.25, 0.3) is 0 Å². The molecule has 0 aromatic carbocycles. The van der Waals surface area contributed by atoms with Crippen LogP contribution in [0.1, 0.15) is 51.5 Å². The lowest BCUT2D eigenvalue weighted by atomic mass is 10.0. The van der Waals surface area contributed by atoms with Crippen LogP contribution in [-0.4, -0.2) is 11.1 Å². The van der Waals surface area contributed by atoms with Crippen LogP contribution in [0, 0.1) is 5.92 Å². The van der Waals surface area contributed by atoms with Gasteiger partial charge in [0.05, 0.1) is 0 Å². The number of hydrogen-bond acceptors (Lipinski definition) is 1. The maximum Gasteiger partial charge on any atom is 0.0220 e. The summed E-state index contributed by atoms with van der Waals surface area (Å²) in [5, 5.41) is 3.50. The van der Waals surface area contributed by atoms with E-state index < -0.39 is 0 Å². The zero-order chi connectivity index (χ0) is 12.5. The monoisotopic (exact) mass is 236 g/mol. The van der Waals surface area contributed by atoms with Crippen molar-refractivity contribution in [2.75, 3.05) is 6.54 Å². The Labute approximate surface area is 106 Å². The second kappa shape index (κ2) is 8.35. The number of hydrogen-bond donors (Lipinski definition) is 1. The highest BCUT2D eigenvalue weighted by atomic mass is 14.9. The van der Waals surface area contributed by atoms with Gasteiger partial charge in [0.2, 0.25) is 0 Å². The summed E-state index contributed by atoms with van der Waals surface area (Å²) in [5.41, 5.74) is 1.38. The highest BCUT2D eigenvalue weighted by Crippen LogP contribution is 2.09. The average Bonchev–Trinajstić information content (AvgIpc) is 2.68. The van der Waals surface area contributed by atoms with Crippen LogP contribution >= 0.6 is 0 Å². The predicted octanol–water partition coefficient (Wildman–Crippen LogP) is 3.72. The lowest BCUT2D eigenvalue weighted by Gasteiger charge is -2.05. The molecule has 1 heterocycles. The number of unbranched alkanes of at least 4 members (excludes halogenated alkanes) is 3. The summed E-state index contributed by atoms with van der Waals surface area (Å²) < 4.78 is 2.10. The molecule has 0 aliphatic rings. The topological polar surface area (TPSA) is 17.0 Å². The summed E-state index contributed by atoms with van der Waals surface area (Å²) >= 11 is 0. The molecule has 1 aromatic rings. The third-order valence-corrected chi connectivity index (χ3v) is 3.11. The summed E-state index contributed by atoms with van der Waals surface area (Å²) in [6, 6.07) is 2.18. The van der Waals surface area contributed by atoms with Crippen molar-refractivity contribution in [1.82, 2.24) is 9.88 Å². The Kier molecular flexibility index (Phi) is 7.02. The number of nitrogens with zero attached hydrogens (tertiary/aromatic N) is 1. The van der Waals surface area contributed by atoms with Crippen LogP contribution in [0.4, 0.5) is 0 Å². The molecule has 0 amide bonds. The molecule has 0 saturated heterocycles. The van der Waals surface area contributed by atoms with Gasteiger partial charge in [-0.05, 0) is 30.5 Å². The molecule has 1 rings (SSSR count). The molecule has 0 spiro atoms. The van der Waals surface area contributed by atoms with Gasteiger partial charge < -0.3 is 9.88 Å². The number of aromatic nitrogens is 1. The van der Waals surface area contributed by atoms with Gasteiger partial charge in [0.25, 0.3) is 0 Å². The Morgan fingerprint density at radius 1 is 1.18 bits per heavy atom. The average molecular weight is 236 g/mol. The Balaban J connectivity index is 1.88. The molecular weight excluding hydrogens is 208 g/mol. The molecule has 0 aliphatic heterocycles. The third kappa shape index (κ3) is 7.22. The molecular formula is C15H28N2. The van der Waals surface area contributed by atoms with E-state index in [0.717, 1.165) is 19.0 Å². The van der Waals surface area contributed by atoms with Gasteiger partial charge in [0, 0.05) is 26.0 Å². The molecule has 2 heteroatoms. The molecule has 1 aromatic heterocycles. The minimum absolute atomic E-state index is 0.867. The second-order valence-corrected chi connectivity index (χ2v) is 5.46. The smallest absolute Gasteiger partial charge is 0.0220 e. The minimum atomic E-state index is 0.867. The summed E-state index contributed by atoms with van der Waals surface area (Å²) in [4.78, 5) is 0. The molecule has 1 N–H and O–H groups in total. The van der Waals surface area contributed by atoms with Crippen LogP contribution in [0.3, 0.4) is 0 Å². The van der Waals surface area contributed by atoms with Gasteiger partial charge in [-0.25, -0.2) is 0 Å². The zero-order valence-electron chi connectivity index (χ0n) is 11.7. The molecule has 0 radical (unpaired) electrons. The number of nitrogens with one attached hydrogen (secondary N) is 1. The molecule has 2 nitrogen and oxygen atoms in total. The van der Waals surface area contributed by atoms with E-state index >= 15 is 0 Å². The van der Waals surface area contributed by atoms with E-state index in [1.54, 1.807) is 0 Å². The lowest BCUT2D eigenvalue weighted by molar-refractivity contribution is 0.512. The molecule has 0 atom stereocenters. The van der Waals surface area contributed by atoms with Crippen molar-refractivity contribution in [3.63, 3.8) is 0 Å². The summed E-state index contributed by atoms with van der Waals surface area (Å²) in [5.74, 6) is 0.867. The van der Waals surface area contributed by atoms with Crippen molar-refractivity contribution in [1.29, 1.82) is 0 Å². The normalized spacial score (nSPS) is 11.3. The van der Waals surface area contributed by atoms with Gasteiger partial charge in [-0.15, -0.1) is 0 Å². The van der Waals surface area contributed by atoms with Gasteiger partial charge in [-0.2, -0.15) is 0 Å². The first-order valence-corrected chi connectivity index (χ1v) is 7.00. The van der Waals surface area contributed by atoms with Gasteiger partial charge >= 0.3 is 0 Å².